The highest BCUT2D eigenvalue weighted by Crippen LogP contribution is 2.33. The van der Waals surface area contributed by atoms with E-state index in [2.05, 4.69) is 15.3 Å². The molecule has 0 bridgehead atoms. The van der Waals surface area contributed by atoms with Gasteiger partial charge in [0.05, 0.1) is 23.7 Å². The van der Waals surface area contributed by atoms with E-state index in [9.17, 15) is 18.0 Å². The summed E-state index contributed by atoms with van der Waals surface area (Å²) in [5.41, 5.74) is -0.0945. The van der Waals surface area contributed by atoms with Crippen LogP contribution in [0.5, 0.6) is 5.75 Å². The number of nitrogens with one attached hydrogen (secondary N) is 1. The summed E-state index contributed by atoms with van der Waals surface area (Å²) in [7, 11) is 1.44. The fourth-order valence-corrected chi connectivity index (χ4v) is 3.56. The molecule has 0 spiro atoms. The molecule has 1 aromatic heterocycles. The van der Waals surface area contributed by atoms with Gasteiger partial charge in [-0.2, -0.15) is 13.2 Å². The summed E-state index contributed by atoms with van der Waals surface area (Å²) in [5, 5.41) is 2.11. The normalized spacial score (nSPS) is 12.3. The van der Waals surface area contributed by atoms with Crippen molar-refractivity contribution in [2.45, 2.75) is 23.5 Å². The van der Waals surface area contributed by atoms with Gasteiger partial charge in [0.1, 0.15) is 11.4 Å². The summed E-state index contributed by atoms with van der Waals surface area (Å²) in [6.07, 6.45) is -4.65. The number of nitrogens with zero attached hydrogens (tertiary/aromatic N) is 2. The number of alkyl halides is 3. The molecule has 1 heterocycles. The molecule has 1 atom stereocenters. The van der Waals surface area contributed by atoms with Crippen LogP contribution >= 0.6 is 23.4 Å². The van der Waals surface area contributed by atoms with Crippen molar-refractivity contribution in [2.75, 3.05) is 12.4 Å². The van der Waals surface area contributed by atoms with E-state index in [-0.39, 0.29) is 10.9 Å². The number of hydrogen-bond acceptors (Lipinski definition) is 5. The van der Waals surface area contributed by atoms with Gasteiger partial charge in [-0.3, -0.25) is 4.79 Å². The second kappa shape index (κ2) is 9.57. The number of hydrogen-bond donors (Lipinski definition) is 1. The van der Waals surface area contributed by atoms with Crippen LogP contribution in [-0.2, 0) is 11.0 Å². The van der Waals surface area contributed by atoms with Crippen LogP contribution in [-0.4, -0.2) is 28.2 Å². The number of rotatable bonds is 6. The summed E-state index contributed by atoms with van der Waals surface area (Å²) in [4.78, 5) is 20.5. The van der Waals surface area contributed by atoms with Gasteiger partial charge in [-0.25, -0.2) is 9.97 Å². The summed E-state index contributed by atoms with van der Waals surface area (Å²) < 4.78 is 45.3. The number of anilines is 1. The Morgan fingerprint density at radius 1 is 1.13 bits per heavy atom. The Morgan fingerprint density at radius 3 is 2.48 bits per heavy atom. The first-order valence-corrected chi connectivity index (χ1v) is 10.3. The number of methoxy groups -OCH3 is 1. The van der Waals surface area contributed by atoms with E-state index in [1.54, 1.807) is 49.4 Å². The van der Waals surface area contributed by atoms with E-state index in [4.69, 9.17) is 16.3 Å². The van der Waals surface area contributed by atoms with E-state index in [1.165, 1.54) is 13.2 Å². The lowest BCUT2D eigenvalue weighted by Gasteiger charge is -2.15. The molecule has 0 aliphatic rings. The lowest BCUT2D eigenvalue weighted by Crippen LogP contribution is -2.23. The minimum Gasteiger partial charge on any atom is -0.495 e. The Hall–Kier alpha value is -2.78. The molecular formula is C21H17ClF3N3O2S. The molecule has 0 saturated carbocycles. The SMILES string of the molecule is COc1ccc(Cl)cc1NC(=O)C(C)Sc1nc(-c2ccccc2)cc(C(F)(F)F)n1. The van der Waals surface area contributed by atoms with Crippen molar-refractivity contribution in [1.29, 1.82) is 0 Å². The highest BCUT2D eigenvalue weighted by molar-refractivity contribution is 8.00. The van der Waals surface area contributed by atoms with Crippen LogP contribution in [0.25, 0.3) is 11.3 Å². The fourth-order valence-electron chi connectivity index (χ4n) is 2.60. The molecule has 0 aliphatic carbocycles. The van der Waals surface area contributed by atoms with Crippen molar-refractivity contribution in [1.82, 2.24) is 9.97 Å². The molecule has 3 aromatic rings. The molecule has 31 heavy (non-hydrogen) atoms. The van der Waals surface area contributed by atoms with Crippen molar-refractivity contribution in [2.24, 2.45) is 0 Å². The van der Waals surface area contributed by atoms with Gasteiger partial charge >= 0.3 is 6.18 Å². The standard InChI is InChI=1S/C21H17ClF3N3O2S/c1-12(19(29)26-16-10-14(22)8-9-17(16)30-2)31-20-27-15(13-6-4-3-5-7-13)11-18(28-20)21(23,24)25/h3-12H,1-2H3,(H,26,29). The third-order valence-corrected chi connectivity index (χ3v) is 5.33. The average molecular weight is 468 g/mol. The minimum atomic E-state index is -4.65. The Morgan fingerprint density at radius 2 is 1.84 bits per heavy atom. The summed E-state index contributed by atoms with van der Waals surface area (Å²) in [6.45, 7) is 1.54. The van der Waals surface area contributed by atoms with E-state index in [0.29, 0.717) is 22.0 Å². The Bertz CT molecular complexity index is 1080. The number of halogens is 4. The van der Waals surface area contributed by atoms with Crippen LogP contribution in [0.4, 0.5) is 18.9 Å². The molecule has 162 valence electrons. The molecule has 0 aliphatic heterocycles. The first-order chi connectivity index (χ1) is 14.7. The first kappa shape index (κ1) is 22.9. The zero-order valence-corrected chi connectivity index (χ0v) is 18.0. The summed E-state index contributed by atoms with van der Waals surface area (Å²) in [6, 6.07) is 14.1. The topological polar surface area (TPSA) is 64.1 Å². The summed E-state index contributed by atoms with van der Waals surface area (Å²) in [5.74, 6) is -0.0653. The first-order valence-electron chi connectivity index (χ1n) is 9.00. The lowest BCUT2D eigenvalue weighted by atomic mass is 10.1. The number of aromatic nitrogens is 2. The quantitative estimate of drug-likeness (QED) is 0.359. The third kappa shape index (κ3) is 5.89. The van der Waals surface area contributed by atoms with Crippen LogP contribution in [0.2, 0.25) is 5.02 Å². The predicted octanol–water partition coefficient (Wildman–Crippen LogP) is 5.94. The molecule has 5 nitrogen and oxygen atoms in total. The van der Waals surface area contributed by atoms with Crippen LogP contribution in [0.3, 0.4) is 0 Å². The van der Waals surface area contributed by atoms with Crippen molar-refractivity contribution < 1.29 is 22.7 Å². The second-order valence-corrected chi connectivity index (χ2v) is 8.12. The van der Waals surface area contributed by atoms with Gasteiger partial charge in [-0.15, -0.1) is 0 Å². The highest BCUT2D eigenvalue weighted by Gasteiger charge is 2.34. The van der Waals surface area contributed by atoms with Crippen molar-refractivity contribution in [3.05, 3.63) is 65.3 Å². The van der Waals surface area contributed by atoms with E-state index in [0.717, 1.165) is 17.8 Å². The predicted molar refractivity (Wildman–Crippen MR) is 114 cm³/mol. The zero-order chi connectivity index (χ0) is 22.6. The fraction of sp³-hybridized carbons (Fsp3) is 0.190. The second-order valence-electron chi connectivity index (χ2n) is 6.38. The number of ether oxygens (including phenoxy) is 1. The van der Waals surface area contributed by atoms with E-state index < -0.39 is 23.0 Å². The maximum Gasteiger partial charge on any atom is 0.433 e. The van der Waals surface area contributed by atoms with Gasteiger partial charge < -0.3 is 10.1 Å². The van der Waals surface area contributed by atoms with Gasteiger partial charge in [0, 0.05) is 10.6 Å². The molecule has 1 unspecified atom stereocenters. The largest absolute Gasteiger partial charge is 0.495 e. The van der Waals surface area contributed by atoms with E-state index in [1.807, 2.05) is 0 Å². The van der Waals surface area contributed by atoms with Crippen LogP contribution in [0.1, 0.15) is 12.6 Å². The van der Waals surface area contributed by atoms with E-state index >= 15 is 0 Å². The number of thioether (sulfide) groups is 1. The highest BCUT2D eigenvalue weighted by atomic mass is 35.5. The molecule has 3 rings (SSSR count). The molecule has 10 heteroatoms. The Kier molecular flexibility index (Phi) is 7.07. The number of amides is 1. The van der Waals surface area contributed by atoms with Crippen molar-refractivity contribution >= 4 is 35.0 Å². The smallest absolute Gasteiger partial charge is 0.433 e. The maximum atomic E-state index is 13.4. The molecule has 0 saturated heterocycles. The minimum absolute atomic E-state index is 0.120. The molecule has 1 amide bonds. The molecule has 0 fully saturated rings. The van der Waals surface area contributed by atoms with Gasteiger partial charge in [0.2, 0.25) is 5.91 Å². The average Bonchev–Trinajstić information content (AvgIpc) is 2.73. The number of carbonyl (C=O) groups is 1. The lowest BCUT2D eigenvalue weighted by molar-refractivity contribution is -0.141. The van der Waals surface area contributed by atoms with Crippen LogP contribution in [0, 0.1) is 0 Å². The van der Waals surface area contributed by atoms with Gasteiger partial charge in [-0.1, -0.05) is 53.7 Å². The van der Waals surface area contributed by atoms with Crippen LogP contribution in [0.15, 0.2) is 59.8 Å². The Labute approximate surface area is 186 Å². The van der Waals surface area contributed by atoms with Gasteiger partial charge in [-0.05, 0) is 31.2 Å². The van der Waals surface area contributed by atoms with Crippen molar-refractivity contribution in [3.63, 3.8) is 0 Å². The number of carbonyl (C=O) groups excluding carboxylic acids is 1. The summed E-state index contributed by atoms with van der Waals surface area (Å²) >= 11 is 6.78. The third-order valence-electron chi connectivity index (χ3n) is 4.14. The van der Waals surface area contributed by atoms with Gasteiger partial charge in [0.25, 0.3) is 0 Å². The zero-order valence-electron chi connectivity index (χ0n) is 16.4. The monoisotopic (exact) mass is 467 g/mol. The van der Waals surface area contributed by atoms with Crippen molar-refractivity contribution in [3.8, 4) is 17.0 Å². The molecule has 2 aromatic carbocycles. The Balaban J connectivity index is 1.86. The number of benzene rings is 2. The molecule has 1 N–H and O–H groups in total. The molecule has 0 radical (unpaired) electrons. The van der Waals surface area contributed by atoms with Crippen LogP contribution < -0.4 is 10.1 Å². The van der Waals surface area contributed by atoms with Gasteiger partial charge in [0.15, 0.2) is 5.16 Å². The maximum absolute atomic E-state index is 13.4. The molecular weight excluding hydrogens is 451 g/mol.